The summed E-state index contributed by atoms with van der Waals surface area (Å²) in [7, 11) is 4.07. The fraction of sp³-hybridized carbons (Fsp3) is 0.588. The van der Waals surface area contributed by atoms with E-state index in [1.165, 1.54) is 5.69 Å². The molecule has 7 heteroatoms. The van der Waals surface area contributed by atoms with Crippen LogP contribution in [0.15, 0.2) is 29.3 Å². The van der Waals surface area contributed by atoms with Crippen LogP contribution in [0.4, 0.5) is 5.69 Å². The van der Waals surface area contributed by atoms with Crippen LogP contribution in [0.5, 0.6) is 0 Å². The topological polar surface area (TPSA) is 66.1 Å². The molecule has 24 heavy (non-hydrogen) atoms. The first-order chi connectivity index (χ1) is 11.1. The van der Waals surface area contributed by atoms with Gasteiger partial charge in [0.25, 0.3) is 0 Å². The first-order valence-corrected chi connectivity index (χ1v) is 8.25. The lowest BCUT2D eigenvalue weighted by Gasteiger charge is -2.26. The van der Waals surface area contributed by atoms with Gasteiger partial charge in [-0.05, 0) is 30.7 Å². The van der Waals surface area contributed by atoms with Crippen LogP contribution in [0.3, 0.4) is 0 Å². The molecule has 1 heterocycles. The summed E-state index contributed by atoms with van der Waals surface area (Å²) >= 11 is 0. The fourth-order valence-corrected chi connectivity index (χ4v) is 2.48. The molecule has 0 amide bonds. The molecule has 1 aliphatic heterocycles. The van der Waals surface area contributed by atoms with Gasteiger partial charge in [0.15, 0.2) is 5.96 Å². The Bertz CT molecular complexity index is 486. The van der Waals surface area contributed by atoms with Crippen molar-refractivity contribution in [1.29, 1.82) is 0 Å². The molecular formula is C17H30IN5O. The molecule has 1 aliphatic rings. The van der Waals surface area contributed by atoms with E-state index in [4.69, 9.17) is 10.5 Å². The number of aliphatic imine (C=N–C) groups is 1. The first-order valence-electron chi connectivity index (χ1n) is 8.25. The van der Waals surface area contributed by atoms with E-state index in [1.807, 2.05) is 14.1 Å². The van der Waals surface area contributed by atoms with Gasteiger partial charge in [-0.25, -0.2) is 4.99 Å². The lowest BCUT2D eigenvalue weighted by molar-refractivity contribution is 0.0376. The third-order valence-corrected chi connectivity index (χ3v) is 3.95. The van der Waals surface area contributed by atoms with E-state index in [2.05, 4.69) is 44.4 Å². The van der Waals surface area contributed by atoms with Crippen molar-refractivity contribution in [3.05, 3.63) is 29.8 Å². The number of hydrogen-bond acceptors (Lipinski definition) is 4. The molecule has 2 rings (SSSR count). The van der Waals surface area contributed by atoms with Crippen molar-refractivity contribution in [3.8, 4) is 0 Å². The van der Waals surface area contributed by atoms with E-state index in [0.29, 0.717) is 12.5 Å². The van der Waals surface area contributed by atoms with Crippen LogP contribution >= 0.6 is 24.0 Å². The van der Waals surface area contributed by atoms with E-state index >= 15 is 0 Å². The maximum absolute atomic E-state index is 5.92. The minimum absolute atomic E-state index is 0. The third-order valence-electron chi connectivity index (χ3n) is 3.95. The molecule has 1 aromatic rings. The lowest BCUT2D eigenvalue weighted by atomic mass is 10.2. The molecule has 0 atom stereocenters. The smallest absolute Gasteiger partial charge is 0.188 e. The van der Waals surface area contributed by atoms with E-state index < -0.39 is 0 Å². The summed E-state index contributed by atoms with van der Waals surface area (Å²) < 4.78 is 5.34. The molecule has 0 radical (unpaired) electrons. The summed E-state index contributed by atoms with van der Waals surface area (Å²) in [5.41, 5.74) is 8.26. The van der Waals surface area contributed by atoms with Gasteiger partial charge in [-0.3, -0.25) is 4.90 Å². The van der Waals surface area contributed by atoms with Crippen molar-refractivity contribution >= 4 is 35.6 Å². The number of nitrogens with zero attached hydrogens (tertiary/aromatic N) is 3. The summed E-state index contributed by atoms with van der Waals surface area (Å²) in [5.74, 6) is 0.517. The summed E-state index contributed by atoms with van der Waals surface area (Å²) in [6, 6.07) is 8.36. The predicted octanol–water partition coefficient (Wildman–Crippen LogP) is 1.50. The van der Waals surface area contributed by atoms with Crippen molar-refractivity contribution in [1.82, 2.24) is 10.2 Å². The first kappa shape index (κ1) is 21.0. The van der Waals surface area contributed by atoms with Gasteiger partial charge < -0.3 is 20.7 Å². The molecule has 1 saturated heterocycles. The highest BCUT2D eigenvalue weighted by atomic mass is 127. The van der Waals surface area contributed by atoms with E-state index in [0.717, 1.165) is 51.4 Å². The Labute approximate surface area is 162 Å². The van der Waals surface area contributed by atoms with Crippen LogP contribution in [0.2, 0.25) is 0 Å². The number of rotatable bonds is 7. The Morgan fingerprint density at radius 3 is 2.54 bits per heavy atom. The van der Waals surface area contributed by atoms with E-state index in [-0.39, 0.29) is 24.0 Å². The van der Waals surface area contributed by atoms with Crippen LogP contribution in [-0.2, 0) is 11.3 Å². The number of benzene rings is 1. The zero-order chi connectivity index (χ0) is 16.5. The largest absolute Gasteiger partial charge is 0.379 e. The van der Waals surface area contributed by atoms with Gasteiger partial charge in [0.05, 0.1) is 19.8 Å². The molecule has 0 bridgehead atoms. The molecule has 1 aromatic carbocycles. The summed E-state index contributed by atoms with van der Waals surface area (Å²) in [5, 5.41) is 3.18. The van der Waals surface area contributed by atoms with Crippen LogP contribution in [0.25, 0.3) is 0 Å². The normalized spacial score (nSPS) is 15.7. The molecule has 0 unspecified atom stereocenters. The van der Waals surface area contributed by atoms with Crippen LogP contribution in [0, 0.1) is 0 Å². The lowest BCUT2D eigenvalue weighted by Crippen LogP contribution is -2.39. The number of hydrogen-bond donors (Lipinski definition) is 2. The van der Waals surface area contributed by atoms with Gasteiger partial charge in [0.1, 0.15) is 0 Å². The van der Waals surface area contributed by atoms with Gasteiger partial charge >= 0.3 is 0 Å². The molecule has 3 N–H and O–H groups in total. The van der Waals surface area contributed by atoms with Gasteiger partial charge in [-0.1, -0.05) is 12.1 Å². The van der Waals surface area contributed by atoms with Crippen LogP contribution in [0.1, 0.15) is 12.0 Å². The van der Waals surface area contributed by atoms with E-state index in [9.17, 15) is 0 Å². The highest BCUT2D eigenvalue weighted by Gasteiger charge is 2.08. The van der Waals surface area contributed by atoms with Crippen molar-refractivity contribution < 1.29 is 4.74 Å². The number of ether oxygens (including phenoxy) is 1. The van der Waals surface area contributed by atoms with Gasteiger partial charge in [0.2, 0.25) is 0 Å². The second-order valence-electron chi connectivity index (χ2n) is 6.00. The van der Waals surface area contributed by atoms with Crippen molar-refractivity contribution in [2.75, 3.05) is 58.4 Å². The highest BCUT2D eigenvalue weighted by molar-refractivity contribution is 14.0. The summed E-state index contributed by atoms with van der Waals surface area (Å²) in [6.45, 7) is 6.31. The standard InChI is InChI=1S/C17H29N5O.HI/c1-21(2)16-6-4-15(5-7-16)14-20-17(18)19-8-3-9-22-10-12-23-13-11-22;/h4-7H,3,8-14H2,1-2H3,(H3,18,19,20);1H. The van der Waals surface area contributed by atoms with Gasteiger partial charge in [-0.2, -0.15) is 0 Å². The van der Waals surface area contributed by atoms with E-state index in [1.54, 1.807) is 0 Å². The molecule has 6 nitrogen and oxygen atoms in total. The van der Waals surface area contributed by atoms with Gasteiger partial charge in [0, 0.05) is 39.4 Å². The van der Waals surface area contributed by atoms with Crippen molar-refractivity contribution in [2.45, 2.75) is 13.0 Å². The molecule has 136 valence electrons. The maximum Gasteiger partial charge on any atom is 0.188 e. The zero-order valence-corrected chi connectivity index (χ0v) is 17.0. The second kappa shape index (κ2) is 11.5. The monoisotopic (exact) mass is 447 g/mol. The average molecular weight is 447 g/mol. The highest BCUT2D eigenvalue weighted by Crippen LogP contribution is 2.12. The van der Waals surface area contributed by atoms with Gasteiger partial charge in [-0.15, -0.1) is 24.0 Å². The predicted molar refractivity (Wildman–Crippen MR) is 111 cm³/mol. The number of guanidine groups is 1. The minimum atomic E-state index is 0. The van der Waals surface area contributed by atoms with Crippen LogP contribution < -0.4 is 16.0 Å². The van der Waals surface area contributed by atoms with Crippen molar-refractivity contribution in [3.63, 3.8) is 0 Å². The summed E-state index contributed by atoms with van der Waals surface area (Å²) in [6.07, 6.45) is 1.06. The second-order valence-corrected chi connectivity index (χ2v) is 6.00. The molecule has 1 fully saturated rings. The maximum atomic E-state index is 5.92. The Morgan fingerprint density at radius 2 is 1.92 bits per heavy atom. The Hall–Kier alpha value is -1.06. The molecule has 0 saturated carbocycles. The molecule has 0 spiro atoms. The number of halogens is 1. The average Bonchev–Trinajstić information content (AvgIpc) is 2.58. The zero-order valence-electron chi connectivity index (χ0n) is 14.7. The number of morpholine rings is 1. The SMILES string of the molecule is CN(C)c1ccc(CN=C(N)NCCCN2CCOCC2)cc1.I. The summed E-state index contributed by atoms with van der Waals surface area (Å²) in [4.78, 5) is 8.89. The van der Waals surface area contributed by atoms with Crippen LogP contribution in [-0.4, -0.2) is 64.3 Å². The Kier molecular flexibility index (Phi) is 10.0. The number of nitrogens with one attached hydrogen (secondary N) is 1. The molecule has 0 aromatic heterocycles. The Balaban J connectivity index is 0.00000288. The molecule has 0 aliphatic carbocycles. The number of anilines is 1. The Morgan fingerprint density at radius 1 is 1.25 bits per heavy atom. The minimum Gasteiger partial charge on any atom is -0.379 e. The quantitative estimate of drug-likeness (QED) is 0.287. The third kappa shape index (κ3) is 7.67. The molecular weight excluding hydrogens is 417 g/mol. The van der Waals surface area contributed by atoms with Crippen molar-refractivity contribution in [2.24, 2.45) is 10.7 Å². The fourth-order valence-electron chi connectivity index (χ4n) is 2.48. The number of nitrogens with two attached hydrogens (primary N) is 1.